The van der Waals surface area contributed by atoms with Crippen molar-refractivity contribution in [1.29, 1.82) is 0 Å². The fourth-order valence-electron chi connectivity index (χ4n) is 0.860. The summed E-state index contributed by atoms with van der Waals surface area (Å²) in [7, 11) is 1.45. The molecule has 0 atom stereocenters. The van der Waals surface area contributed by atoms with Gasteiger partial charge in [0.15, 0.2) is 0 Å². The van der Waals surface area contributed by atoms with E-state index in [9.17, 15) is 0 Å². The van der Waals surface area contributed by atoms with Gasteiger partial charge in [-0.05, 0) is 18.6 Å². The number of hydrogen-bond donors (Lipinski definition) is 1. The SMILES string of the molecule is COC(O)=C1C=CC=C1C. The van der Waals surface area contributed by atoms with Crippen LogP contribution >= 0.6 is 0 Å². The average molecular weight is 138 g/mol. The normalized spacial score (nSPS) is 20.8. The van der Waals surface area contributed by atoms with Crippen molar-refractivity contribution < 1.29 is 9.84 Å². The number of rotatable bonds is 1. The molecule has 54 valence electrons. The van der Waals surface area contributed by atoms with Crippen LogP contribution in [0.4, 0.5) is 0 Å². The van der Waals surface area contributed by atoms with Gasteiger partial charge < -0.3 is 9.84 Å². The molecular formula is C8H10O2. The molecule has 0 unspecified atom stereocenters. The van der Waals surface area contributed by atoms with Gasteiger partial charge in [-0.3, -0.25) is 0 Å². The van der Waals surface area contributed by atoms with E-state index in [1.807, 2.05) is 25.2 Å². The lowest BCUT2D eigenvalue weighted by molar-refractivity contribution is 0.133. The molecule has 0 radical (unpaired) electrons. The zero-order chi connectivity index (χ0) is 7.56. The van der Waals surface area contributed by atoms with Crippen LogP contribution in [-0.2, 0) is 4.74 Å². The fraction of sp³-hybridized carbons (Fsp3) is 0.250. The van der Waals surface area contributed by atoms with Gasteiger partial charge in [-0.25, -0.2) is 0 Å². The van der Waals surface area contributed by atoms with Crippen molar-refractivity contribution >= 4 is 0 Å². The zero-order valence-corrected chi connectivity index (χ0v) is 6.09. The van der Waals surface area contributed by atoms with E-state index < -0.39 is 0 Å². The van der Waals surface area contributed by atoms with Gasteiger partial charge in [0.05, 0.1) is 12.7 Å². The molecule has 1 aliphatic rings. The molecule has 0 aromatic heterocycles. The third kappa shape index (κ3) is 1.05. The van der Waals surface area contributed by atoms with Crippen LogP contribution in [0.3, 0.4) is 0 Å². The molecule has 0 amide bonds. The maximum atomic E-state index is 9.09. The summed E-state index contributed by atoms with van der Waals surface area (Å²) < 4.78 is 4.65. The summed E-state index contributed by atoms with van der Waals surface area (Å²) in [6.07, 6.45) is 5.61. The van der Waals surface area contributed by atoms with Gasteiger partial charge in [0.2, 0.25) is 0 Å². The van der Waals surface area contributed by atoms with Gasteiger partial charge in [0.25, 0.3) is 5.95 Å². The molecule has 0 heterocycles. The van der Waals surface area contributed by atoms with Crippen LogP contribution in [-0.4, -0.2) is 12.2 Å². The number of aliphatic hydroxyl groups is 1. The van der Waals surface area contributed by atoms with E-state index in [1.54, 1.807) is 0 Å². The second kappa shape index (κ2) is 2.60. The molecule has 0 aromatic rings. The summed E-state index contributed by atoms with van der Waals surface area (Å²) >= 11 is 0. The Kier molecular flexibility index (Phi) is 1.81. The first-order valence-corrected chi connectivity index (χ1v) is 3.08. The van der Waals surface area contributed by atoms with Crippen LogP contribution in [0.1, 0.15) is 6.92 Å². The van der Waals surface area contributed by atoms with Crippen molar-refractivity contribution in [3.8, 4) is 0 Å². The van der Waals surface area contributed by atoms with Crippen molar-refractivity contribution in [3.63, 3.8) is 0 Å². The molecule has 0 fully saturated rings. The summed E-state index contributed by atoms with van der Waals surface area (Å²) in [6, 6.07) is 0. The summed E-state index contributed by atoms with van der Waals surface area (Å²) in [5.41, 5.74) is 1.79. The maximum Gasteiger partial charge on any atom is 0.284 e. The highest BCUT2D eigenvalue weighted by Crippen LogP contribution is 2.19. The molecule has 0 aliphatic heterocycles. The Morgan fingerprint density at radius 1 is 1.60 bits per heavy atom. The van der Waals surface area contributed by atoms with E-state index >= 15 is 0 Å². The molecule has 1 aliphatic carbocycles. The van der Waals surface area contributed by atoms with Crippen LogP contribution in [0.2, 0.25) is 0 Å². The Bertz CT molecular complexity index is 221. The smallest absolute Gasteiger partial charge is 0.284 e. The van der Waals surface area contributed by atoms with Gasteiger partial charge in [-0.1, -0.05) is 12.2 Å². The monoisotopic (exact) mass is 138 g/mol. The van der Waals surface area contributed by atoms with E-state index in [0.717, 1.165) is 11.1 Å². The Morgan fingerprint density at radius 2 is 2.30 bits per heavy atom. The zero-order valence-electron chi connectivity index (χ0n) is 6.09. The number of ether oxygens (including phenoxy) is 1. The number of methoxy groups -OCH3 is 1. The van der Waals surface area contributed by atoms with Crippen molar-refractivity contribution in [2.45, 2.75) is 6.92 Å². The topological polar surface area (TPSA) is 29.5 Å². The number of aliphatic hydroxyl groups excluding tert-OH is 1. The van der Waals surface area contributed by atoms with Crippen LogP contribution < -0.4 is 0 Å². The first-order chi connectivity index (χ1) is 4.75. The summed E-state index contributed by atoms with van der Waals surface area (Å²) in [6.45, 7) is 1.92. The highest BCUT2D eigenvalue weighted by Gasteiger charge is 2.07. The van der Waals surface area contributed by atoms with Gasteiger partial charge >= 0.3 is 0 Å². The minimum Gasteiger partial charge on any atom is -0.481 e. The lowest BCUT2D eigenvalue weighted by Crippen LogP contribution is -1.90. The maximum absolute atomic E-state index is 9.09. The minimum atomic E-state index is -0.0116. The average Bonchev–Trinajstić information content (AvgIpc) is 2.34. The van der Waals surface area contributed by atoms with Crippen LogP contribution in [0.15, 0.2) is 35.3 Å². The molecule has 0 saturated heterocycles. The summed E-state index contributed by atoms with van der Waals surface area (Å²) in [5, 5.41) is 9.09. The molecular weight excluding hydrogens is 128 g/mol. The van der Waals surface area contributed by atoms with Gasteiger partial charge in [-0.15, -0.1) is 0 Å². The predicted molar refractivity (Wildman–Crippen MR) is 39.6 cm³/mol. The Hall–Kier alpha value is -1.18. The predicted octanol–water partition coefficient (Wildman–Crippen LogP) is 1.92. The van der Waals surface area contributed by atoms with Gasteiger partial charge in [0, 0.05) is 0 Å². The molecule has 1 rings (SSSR count). The molecule has 2 nitrogen and oxygen atoms in total. The fourth-order valence-corrected chi connectivity index (χ4v) is 0.860. The van der Waals surface area contributed by atoms with Gasteiger partial charge in [-0.2, -0.15) is 0 Å². The van der Waals surface area contributed by atoms with Crippen LogP contribution in [0.25, 0.3) is 0 Å². The van der Waals surface area contributed by atoms with Crippen molar-refractivity contribution in [2.24, 2.45) is 0 Å². The third-order valence-corrected chi connectivity index (χ3v) is 1.46. The van der Waals surface area contributed by atoms with Crippen molar-refractivity contribution in [2.75, 3.05) is 7.11 Å². The molecule has 0 saturated carbocycles. The Morgan fingerprint density at radius 3 is 2.70 bits per heavy atom. The van der Waals surface area contributed by atoms with Crippen LogP contribution in [0.5, 0.6) is 0 Å². The van der Waals surface area contributed by atoms with Crippen molar-refractivity contribution in [1.82, 2.24) is 0 Å². The largest absolute Gasteiger partial charge is 0.481 e. The number of hydrogen-bond acceptors (Lipinski definition) is 2. The Balaban J connectivity index is 2.93. The molecule has 0 spiro atoms. The first-order valence-electron chi connectivity index (χ1n) is 3.08. The second-order valence-corrected chi connectivity index (χ2v) is 2.13. The molecule has 0 aromatic carbocycles. The van der Waals surface area contributed by atoms with Crippen LogP contribution in [0, 0.1) is 0 Å². The summed E-state index contributed by atoms with van der Waals surface area (Å²) in [5.74, 6) is -0.0116. The van der Waals surface area contributed by atoms with E-state index in [-0.39, 0.29) is 5.95 Å². The van der Waals surface area contributed by atoms with E-state index in [1.165, 1.54) is 7.11 Å². The standard InChI is InChI=1S/C8H10O2/c1-6-4-3-5-7(6)8(9)10-2/h3-5,9H,1-2H3. The lowest BCUT2D eigenvalue weighted by Gasteiger charge is -2.01. The minimum absolute atomic E-state index is 0.0116. The highest BCUT2D eigenvalue weighted by atomic mass is 16.6. The number of allylic oxidation sites excluding steroid dienone is 5. The van der Waals surface area contributed by atoms with Gasteiger partial charge in [0.1, 0.15) is 0 Å². The third-order valence-electron chi connectivity index (χ3n) is 1.46. The van der Waals surface area contributed by atoms with E-state index in [2.05, 4.69) is 4.74 Å². The summed E-state index contributed by atoms with van der Waals surface area (Å²) in [4.78, 5) is 0. The molecule has 0 bridgehead atoms. The van der Waals surface area contributed by atoms with E-state index in [0.29, 0.717) is 0 Å². The molecule has 2 heteroatoms. The lowest BCUT2D eigenvalue weighted by atomic mass is 10.2. The molecule has 1 N–H and O–H groups in total. The Labute approximate surface area is 60.1 Å². The second-order valence-electron chi connectivity index (χ2n) is 2.13. The quantitative estimate of drug-likeness (QED) is 0.561. The van der Waals surface area contributed by atoms with Crippen molar-refractivity contribution in [3.05, 3.63) is 35.3 Å². The molecule has 10 heavy (non-hydrogen) atoms. The highest BCUT2D eigenvalue weighted by molar-refractivity contribution is 5.47. The van der Waals surface area contributed by atoms with E-state index in [4.69, 9.17) is 5.11 Å². The first kappa shape index (κ1) is 6.93.